The second kappa shape index (κ2) is 6.65. The lowest BCUT2D eigenvalue weighted by molar-refractivity contribution is 0.397. The van der Waals surface area contributed by atoms with E-state index in [1.807, 2.05) is 0 Å². The van der Waals surface area contributed by atoms with Gasteiger partial charge in [-0.3, -0.25) is 4.98 Å². The van der Waals surface area contributed by atoms with Crippen molar-refractivity contribution in [3.63, 3.8) is 0 Å². The van der Waals surface area contributed by atoms with Gasteiger partial charge in [0, 0.05) is 11.8 Å². The third kappa shape index (κ3) is 2.92. The Morgan fingerprint density at radius 2 is 1.96 bits per heavy atom. The number of nitriles is 1. The van der Waals surface area contributed by atoms with Gasteiger partial charge < -0.3 is 4.74 Å². The van der Waals surface area contributed by atoms with Crippen LogP contribution in [0, 0.1) is 17.1 Å². The monoisotopic (exact) mass is 339 g/mol. The van der Waals surface area contributed by atoms with E-state index in [0.29, 0.717) is 27.5 Å². The summed E-state index contributed by atoms with van der Waals surface area (Å²) >= 11 is 6.19. The van der Waals surface area contributed by atoms with Gasteiger partial charge in [0.2, 0.25) is 5.88 Å². The Labute approximate surface area is 143 Å². The minimum Gasteiger partial charge on any atom is -0.480 e. The molecule has 0 bridgehead atoms. The van der Waals surface area contributed by atoms with Crippen molar-refractivity contribution in [2.75, 3.05) is 7.11 Å². The molecule has 2 aromatic heterocycles. The van der Waals surface area contributed by atoms with Gasteiger partial charge in [-0.25, -0.2) is 9.37 Å². The first-order valence-electron chi connectivity index (χ1n) is 7.00. The number of halogens is 2. The molecule has 0 saturated heterocycles. The first-order valence-corrected chi connectivity index (χ1v) is 7.37. The number of methoxy groups -OCH3 is 1. The standard InChI is InChI=1S/C18H11ClFN3O/c1-24-18-14(10-21)13(11-4-6-12(20)7-5-11)9-16(23-18)17-15(19)3-2-8-22-17/h2-9H,1H3. The first kappa shape index (κ1) is 15.9. The molecule has 0 radical (unpaired) electrons. The first-order chi connectivity index (χ1) is 11.6. The van der Waals surface area contributed by atoms with E-state index in [4.69, 9.17) is 16.3 Å². The number of pyridine rings is 2. The molecule has 0 saturated carbocycles. The molecule has 0 N–H and O–H groups in total. The van der Waals surface area contributed by atoms with Crippen LogP contribution in [0.4, 0.5) is 4.39 Å². The Balaban J connectivity index is 2.28. The van der Waals surface area contributed by atoms with E-state index in [1.165, 1.54) is 19.2 Å². The smallest absolute Gasteiger partial charge is 0.232 e. The molecule has 3 rings (SSSR count). The maximum atomic E-state index is 13.2. The molecule has 0 atom stereocenters. The second-order valence-corrected chi connectivity index (χ2v) is 5.30. The summed E-state index contributed by atoms with van der Waals surface area (Å²) in [5, 5.41) is 9.91. The molecule has 24 heavy (non-hydrogen) atoms. The maximum absolute atomic E-state index is 13.2. The van der Waals surface area contributed by atoms with Crippen molar-refractivity contribution in [3.05, 3.63) is 65.1 Å². The van der Waals surface area contributed by atoms with Gasteiger partial charge in [0.25, 0.3) is 0 Å². The number of benzene rings is 1. The molecule has 0 aliphatic rings. The lowest BCUT2D eigenvalue weighted by Gasteiger charge is -2.11. The second-order valence-electron chi connectivity index (χ2n) is 4.89. The summed E-state index contributed by atoms with van der Waals surface area (Å²) < 4.78 is 18.4. The SMILES string of the molecule is COc1nc(-c2ncccc2Cl)cc(-c2ccc(F)cc2)c1C#N. The third-order valence-corrected chi connectivity index (χ3v) is 3.75. The van der Waals surface area contributed by atoms with Crippen LogP contribution in [0.3, 0.4) is 0 Å². The van der Waals surface area contributed by atoms with Gasteiger partial charge >= 0.3 is 0 Å². The number of hydrogen-bond acceptors (Lipinski definition) is 4. The summed E-state index contributed by atoms with van der Waals surface area (Å²) in [5.41, 5.74) is 2.45. The summed E-state index contributed by atoms with van der Waals surface area (Å²) in [5.74, 6) is -0.192. The molecule has 0 amide bonds. The van der Waals surface area contributed by atoms with Crippen LogP contribution in [0.2, 0.25) is 5.02 Å². The highest BCUT2D eigenvalue weighted by molar-refractivity contribution is 6.32. The van der Waals surface area contributed by atoms with E-state index in [1.54, 1.807) is 36.5 Å². The molecular weight excluding hydrogens is 329 g/mol. The molecule has 0 unspecified atom stereocenters. The van der Waals surface area contributed by atoms with Gasteiger partial charge in [-0.05, 0) is 35.9 Å². The molecule has 0 aliphatic heterocycles. The zero-order chi connectivity index (χ0) is 17.1. The lowest BCUT2D eigenvalue weighted by atomic mass is 10.00. The molecule has 3 aromatic rings. The van der Waals surface area contributed by atoms with Crippen LogP contribution in [0.25, 0.3) is 22.5 Å². The largest absolute Gasteiger partial charge is 0.480 e. The average Bonchev–Trinajstić information content (AvgIpc) is 2.61. The number of aromatic nitrogens is 2. The van der Waals surface area contributed by atoms with Crippen LogP contribution >= 0.6 is 11.6 Å². The maximum Gasteiger partial charge on any atom is 0.232 e. The Hall–Kier alpha value is -2.97. The van der Waals surface area contributed by atoms with E-state index in [-0.39, 0.29) is 17.3 Å². The van der Waals surface area contributed by atoms with Crippen molar-refractivity contribution < 1.29 is 9.13 Å². The van der Waals surface area contributed by atoms with Crippen molar-refractivity contribution in [2.45, 2.75) is 0 Å². The molecule has 4 nitrogen and oxygen atoms in total. The Morgan fingerprint density at radius 1 is 1.21 bits per heavy atom. The molecule has 6 heteroatoms. The highest BCUT2D eigenvalue weighted by atomic mass is 35.5. The van der Waals surface area contributed by atoms with Crippen LogP contribution in [-0.2, 0) is 0 Å². The number of hydrogen-bond donors (Lipinski definition) is 0. The molecule has 0 fully saturated rings. The van der Waals surface area contributed by atoms with Gasteiger partial charge in [0.1, 0.15) is 23.1 Å². The summed E-state index contributed by atoms with van der Waals surface area (Å²) in [6, 6.07) is 13.0. The fourth-order valence-electron chi connectivity index (χ4n) is 2.33. The molecule has 118 valence electrons. The molecular formula is C18H11ClFN3O. The van der Waals surface area contributed by atoms with Gasteiger partial charge in [0.05, 0.1) is 17.8 Å². The number of rotatable bonds is 3. The molecule has 2 heterocycles. The quantitative estimate of drug-likeness (QED) is 0.705. The molecule has 0 aliphatic carbocycles. The molecule has 1 aromatic carbocycles. The van der Waals surface area contributed by atoms with E-state index in [0.717, 1.165) is 0 Å². The predicted molar refractivity (Wildman–Crippen MR) is 89.1 cm³/mol. The normalized spacial score (nSPS) is 10.2. The van der Waals surface area contributed by atoms with E-state index in [9.17, 15) is 9.65 Å². The van der Waals surface area contributed by atoms with E-state index in [2.05, 4.69) is 16.0 Å². The van der Waals surface area contributed by atoms with Gasteiger partial charge in [-0.1, -0.05) is 23.7 Å². The highest BCUT2D eigenvalue weighted by Gasteiger charge is 2.17. The van der Waals surface area contributed by atoms with Crippen LogP contribution in [0.15, 0.2) is 48.7 Å². The van der Waals surface area contributed by atoms with Crippen LogP contribution in [-0.4, -0.2) is 17.1 Å². The van der Waals surface area contributed by atoms with Gasteiger partial charge in [0.15, 0.2) is 0 Å². The van der Waals surface area contributed by atoms with Gasteiger partial charge in [-0.15, -0.1) is 0 Å². The van der Waals surface area contributed by atoms with Crippen molar-refractivity contribution in [2.24, 2.45) is 0 Å². The summed E-state index contributed by atoms with van der Waals surface area (Å²) in [7, 11) is 1.43. The van der Waals surface area contributed by atoms with E-state index < -0.39 is 0 Å². The highest BCUT2D eigenvalue weighted by Crippen LogP contribution is 2.34. The fourth-order valence-corrected chi connectivity index (χ4v) is 2.55. The lowest BCUT2D eigenvalue weighted by Crippen LogP contribution is -1.99. The van der Waals surface area contributed by atoms with Crippen LogP contribution in [0.1, 0.15) is 5.56 Å². The molecule has 0 spiro atoms. The Bertz CT molecular complexity index is 936. The minimum absolute atomic E-state index is 0.163. The summed E-state index contributed by atoms with van der Waals surface area (Å²) in [6.07, 6.45) is 1.60. The topological polar surface area (TPSA) is 58.8 Å². The Kier molecular flexibility index (Phi) is 4.41. The van der Waals surface area contributed by atoms with Crippen molar-refractivity contribution in [1.82, 2.24) is 9.97 Å². The number of nitrogens with zero attached hydrogens (tertiary/aromatic N) is 3. The summed E-state index contributed by atoms with van der Waals surface area (Å²) in [6.45, 7) is 0. The zero-order valence-electron chi connectivity index (χ0n) is 12.6. The average molecular weight is 340 g/mol. The number of ether oxygens (including phenoxy) is 1. The van der Waals surface area contributed by atoms with Crippen molar-refractivity contribution in [3.8, 4) is 34.5 Å². The van der Waals surface area contributed by atoms with Crippen molar-refractivity contribution in [1.29, 1.82) is 5.26 Å². The van der Waals surface area contributed by atoms with Crippen LogP contribution in [0.5, 0.6) is 5.88 Å². The van der Waals surface area contributed by atoms with Crippen LogP contribution < -0.4 is 4.74 Å². The van der Waals surface area contributed by atoms with E-state index >= 15 is 0 Å². The Morgan fingerprint density at radius 3 is 2.58 bits per heavy atom. The third-order valence-electron chi connectivity index (χ3n) is 3.45. The van der Waals surface area contributed by atoms with Gasteiger partial charge in [-0.2, -0.15) is 5.26 Å². The zero-order valence-corrected chi connectivity index (χ0v) is 13.4. The summed E-state index contributed by atoms with van der Waals surface area (Å²) in [4.78, 5) is 8.57. The minimum atomic E-state index is -0.355. The van der Waals surface area contributed by atoms with Crippen molar-refractivity contribution >= 4 is 11.6 Å². The fraction of sp³-hybridized carbons (Fsp3) is 0.0556. The predicted octanol–water partition coefficient (Wildman–Crippen LogP) is 4.48.